The van der Waals surface area contributed by atoms with Gasteiger partial charge in [0.1, 0.15) is 0 Å². The summed E-state index contributed by atoms with van der Waals surface area (Å²) < 4.78 is 0. The van der Waals surface area contributed by atoms with Crippen LogP contribution in [0.25, 0.3) is 0 Å². The van der Waals surface area contributed by atoms with E-state index in [0.29, 0.717) is 25.7 Å². The van der Waals surface area contributed by atoms with E-state index in [1.165, 1.54) is 0 Å². The Morgan fingerprint density at radius 3 is 1.11 bits per heavy atom. The Labute approximate surface area is 106 Å². The van der Waals surface area contributed by atoms with E-state index in [0.717, 1.165) is 38.5 Å². The predicted octanol–water partition coefficient (Wildman–Crippen LogP) is 2.95. The van der Waals surface area contributed by atoms with Crippen molar-refractivity contribution in [1.82, 2.24) is 0 Å². The van der Waals surface area contributed by atoms with Crippen LogP contribution in [-0.2, 0) is 0 Å². The molecule has 0 spiro atoms. The Bertz CT molecular complexity index is 310. The summed E-state index contributed by atoms with van der Waals surface area (Å²) in [5.74, 6) is 0. The van der Waals surface area contributed by atoms with Crippen molar-refractivity contribution < 1.29 is 9.85 Å². The van der Waals surface area contributed by atoms with Crippen LogP contribution in [0, 0.1) is 20.2 Å². The lowest BCUT2D eigenvalue weighted by molar-refractivity contribution is -0.692. The lowest BCUT2D eigenvalue weighted by Crippen LogP contribution is -2.64. The molecule has 0 aromatic carbocycles. The molecule has 2 rings (SSSR count). The zero-order chi connectivity index (χ0) is 13.2. The fourth-order valence-electron chi connectivity index (χ4n) is 3.91. The molecule has 0 N–H and O–H groups in total. The van der Waals surface area contributed by atoms with Crippen LogP contribution < -0.4 is 0 Å². The van der Waals surface area contributed by atoms with E-state index >= 15 is 0 Å². The number of hydrogen-bond donors (Lipinski definition) is 0. The zero-order valence-electron chi connectivity index (χ0n) is 10.6. The van der Waals surface area contributed by atoms with E-state index < -0.39 is 11.1 Å². The first-order valence-electron chi connectivity index (χ1n) is 6.84. The summed E-state index contributed by atoms with van der Waals surface area (Å²) in [7, 11) is 0. The largest absolute Gasteiger partial charge is 0.290 e. The molecule has 102 valence electrons. The van der Waals surface area contributed by atoms with Crippen molar-refractivity contribution in [2.24, 2.45) is 0 Å². The van der Waals surface area contributed by atoms with Gasteiger partial charge in [0.15, 0.2) is 0 Å². The topological polar surface area (TPSA) is 86.3 Å². The minimum absolute atomic E-state index is 0.319. The van der Waals surface area contributed by atoms with Crippen LogP contribution >= 0.6 is 0 Å². The standard InChI is InChI=1S/C12H20N2O4/c15-13(16)11(7-3-1-4-8-11)12(14(17)18)9-5-2-6-10-12/h1-10H2. The zero-order valence-corrected chi connectivity index (χ0v) is 10.6. The molecule has 0 aromatic rings. The third kappa shape index (κ3) is 1.78. The van der Waals surface area contributed by atoms with Crippen molar-refractivity contribution in [3.05, 3.63) is 20.2 Å². The molecule has 0 atom stereocenters. The van der Waals surface area contributed by atoms with E-state index in [4.69, 9.17) is 0 Å². The second-order valence-electron chi connectivity index (χ2n) is 5.70. The third-order valence-corrected chi connectivity index (χ3v) is 4.93. The molecule has 6 nitrogen and oxygen atoms in total. The monoisotopic (exact) mass is 256 g/mol. The molecule has 2 saturated carbocycles. The van der Waals surface area contributed by atoms with Gasteiger partial charge in [0.05, 0.1) is 0 Å². The van der Waals surface area contributed by atoms with Gasteiger partial charge in [0.25, 0.3) is 11.1 Å². The maximum Gasteiger partial charge on any atom is 0.290 e. The lowest BCUT2D eigenvalue weighted by Gasteiger charge is -2.41. The molecule has 2 fully saturated rings. The highest BCUT2D eigenvalue weighted by Crippen LogP contribution is 2.48. The lowest BCUT2D eigenvalue weighted by atomic mass is 9.62. The molecular weight excluding hydrogens is 236 g/mol. The summed E-state index contributed by atoms with van der Waals surface area (Å²) in [6, 6.07) is 0. The predicted molar refractivity (Wildman–Crippen MR) is 65.6 cm³/mol. The molecule has 6 heteroatoms. The molecule has 0 saturated heterocycles. The highest BCUT2D eigenvalue weighted by molar-refractivity contribution is 5.03. The fourth-order valence-corrected chi connectivity index (χ4v) is 3.91. The van der Waals surface area contributed by atoms with Crippen molar-refractivity contribution in [1.29, 1.82) is 0 Å². The Morgan fingerprint density at radius 2 is 0.889 bits per heavy atom. The van der Waals surface area contributed by atoms with Crippen molar-refractivity contribution in [3.8, 4) is 0 Å². The smallest absolute Gasteiger partial charge is 0.264 e. The average Bonchev–Trinajstić information content (AvgIpc) is 2.40. The first-order chi connectivity index (χ1) is 8.55. The molecule has 2 aliphatic rings. The summed E-state index contributed by atoms with van der Waals surface area (Å²) in [5, 5.41) is 23.2. The van der Waals surface area contributed by atoms with E-state index in [1.807, 2.05) is 0 Å². The van der Waals surface area contributed by atoms with Crippen molar-refractivity contribution in [3.63, 3.8) is 0 Å². The number of nitro groups is 2. The molecular formula is C12H20N2O4. The molecule has 0 aromatic heterocycles. The summed E-state index contributed by atoms with van der Waals surface area (Å²) >= 11 is 0. The minimum atomic E-state index is -1.31. The first-order valence-corrected chi connectivity index (χ1v) is 6.84. The van der Waals surface area contributed by atoms with Gasteiger partial charge in [-0.1, -0.05) is 12.8 Å². The van der Waals surface area contributed by atoms with Gasteiger partial charge >= 0.3 is 0 Å². The maximum absolute atomic E-state index is 11.6. The summed E-state index contributed by atoms with van der Waals surface area (Å²) in [5.41, 5.74) is -2.62. The summed E-state index contributed by atoms with van der Waals surface area (Å²) in [4.78, 5) is 22.5. The Morgan fingerprint density at radius 1 is 0.611 bits per heavy atom. The van der Waals surface area contributed by atoms with E-state index in [1.54, 1.807) is 0 Å². The maximum atomic E-state index is 11.6. The van der Waals surface area contributed by atoms with Gasteiger partial charge in [0.2, 0.25) is 0 Å². The van der Waals surface area contributed by atoms with E-state index in [2.05, 4.69) is 0 Å². The SMILES string of the molecule is O=[N+]([O-])C1(C2([N+](=O)[O-])CCCCC2)CCCCC1. The van der Waals surface area contributed by atoms with Crippen LogP contribution in [0.3, 0.4) is 0 Å². The van der Waals surface area contributed by atoms with Crippen LogP contribution in [0.5, 0.6) is 0 Å². The Hall–Kier alpha value is -1.20. The quantitative estimate of drug-likeness (QED) is 0.573. The number of rotatable bonds is 3. The van der Waals surface area contributed by atoms with Gasteiger partial charge in [-0.3, -0.25) is 20.2 Å². The normalized spacial score (nSPS) is 26.4. The average molecular weight is 256 g/mol. The molecule has 0 bridgehead atoms. The van der Waals surface area contributed by atoms with Gasteiger partial charge in [0, 0.05) is 35.5 Å². The fraction of sp³-hybridized carbons (Fsp3) is 1.00. The van der Waals surface area contributed by atoms with Crippen LogP contribution in [0.4, 0.5) is 0 Å². The van der Waals surface area contributed by atoms with Gasteiger partial charge < -0.3 is 0 Å². The highest BCUT2D eigenvalue weighted by Gasteiger charge is 2.69. The van der Waals surface area contributed by atoms with Crippen LogP contribution in [0.1, 0.15) is 64.2 Å². The molecule has 0 aliphatic heterocycles. The van der Waals surface area contributed by atoms with Crippen LogP contribution in [0.2, 0.25) is 0 Å². The van der Waals surface area contributed by atoms with Gasteiger partial charge in [-0.05, 0) is 25.7 Å². The molecule has 0 heterocycles. The van der Waals surface area contributed by atoms with Gasteiger partial charge in [-0.25, -0.2) is 0 Å². The Balaban J connectivity index is 2.42. The van der Waals surface area contributed by atoms with E-state index in [-0.39, 0.29) is 9.85 Å². The molecule has 0 amide bonds. The van der Waals surface area contributed by atoms with Crippen molar-refractivity contribution in [2.45, 2.75) is 75.3 Å². The number of nitrogens with zero attached hydrogens (tertiary/aromatic N) is 2. The second kappa shape index (κ2) is 4.82. The molecule has 18 heavy (non-hydrogen) atoms. The molecule has 2 aliphatic carbocycles. The van der Waals surface area contributed by atoms with Crippen molar-refractivity contribution >= 4 is 0 Å². The van der Waals surface area contributed by atoms with Crippen LogP contribution in [0.15, 0.2) is 0 Å². The summed E-state index contributed by atoms with van der Waals surface area (Å²) in [6.45, 7) is 0. The first kappa shape index (κ1) is 13.2. The summed E-state index contributed by atoms with van der Waals surface area (Å²) in [6.07, 6.45) is 6.41. The third-order valence-electron chi connectivity index (χ3n) is 4.93. The Kier molecular flexibility index (Phi) is 3.54. The molecule has 0 radical (unpaired) electrons. The van der Waals surface area contributed by atoms with Crippen molar-refractivity contribution in [2.75, 3.05) is 0 Å². The van der Waals surface area contributed by atoms with E-state index in [9.17, 15) is 20.2 Å². The minimum Gasteiger partial charge on any atom is -0.264 e. The highest BCUT2D eigenvalue weighted by atomic mass is 16.6. The number of hydrogen-bond acceptors (Lipinski definition) is 4. The molecule has 0 unspecified atom stereocenters. The van der Waals surface area contributed by atoms with Gasteiger partial charge in [-0.2, -0.15) is 0 Å². The van der Waals surface area contributed by atoms with Crippen LogP contribution in [-0.4, -0.2) is 20.9 Å². The second-order valence-corrected chi connectivity index (χ2v) is 5.70. The van der Waals surface area contributed by atoms with Gasteiger partial charge in [-0.15, -0.1) is 0 Å².